The third kappa shape index (κ3) is 4.35. The number of carbonyl (C=O) groups excluding carboxylic acids is 1. The molecular weight excluding hydrogens is 442 g/mol. The molecule has 0 spiro atoms. The number of rotatable bonds is 4. The minimum absolute atomic E-state index is 0.105. The topological polar surface area (TPSA) is 81.1 Å². The van der Waals surface area contributed by atoms with Crippen LogP contribution in [0.4, 0.5) is 17.1 Å². The number of nitrogens with one attached hydrogen (secondary N) is 2. The van der Waals surface area contributed by atoms with Gasteiger partial charge >= 0.3 is 0 Å². The highest BCUT2D eigenvalue weighted by Crippen LogP contribution is 2.31. The first-order valence-corrected chi connectivity index (χ1v) is 10.4. The predicted molar refractivity (Wildman–Crippen MR) is 123 cm³/mol. The third-order valence-corrected chi connectivity index (χ3v) is 5.47. The van der Waals surface area contributed by atoms with E-state index in [1.54, 1.807) is 6.20 Å². The predicted octanol–water partition coefficient (Wildman–Crippen LogP) is 4.81. The van der Waals surface area contributed by atoms with Crippen LogP contribution in [0.25, 0.3) is 10.9 Å². The summed E-state index contributed by atoms with van der Waals surface area (Å²) in [5.41, 5.74) is 4.10. The largest absolute Gasteiger partial charge is 0.354 e. The Morgan fingerprint density at radius 2 is 2.10 bits per heavy atom. The monoisotopic (exact) mass is 461 g/mol. The van der Waals surface area contributed by atoms with Crippen LogP contribution >= 0.6 is 15.9 Å². The molecule has 2 N–H and O–H groups in total. The Labute approximate surface area is 183 Å². The maximum Gasteiger partial charge on any atom is 0.252 e. The number of nitriles is 1. The number of carbonyl (C=O) groups is 1. The number of fused-ring (bicyclic) bond motifs is 1. The Kier molecular flexibility index (Phi) is 5.79. The first-order valence-electron chi connectivity index (χ1n) is 9.58. The summed E-state index contributed by atoms with van der Waals surface area (Å²) in [7, 11) is 2.01. The van der Waals surface area contributed by atoms with Crippen molar-refractivity contribution in [3.05, 3.63) is 70.3 Å². The second-order valence-electron chi connectivity index (χ2n) is 7.24. The van der Waals surface area contributed by atoms with Crippen molar-refractivity contribution in [3.8, 4) is 6.07 Å². The standard InChI is InChI=1S/C23H20BrN5O/c1-29-9-3-4-15(14-29)23(30)28-19-7-8-21-20(11-19)22(16(12-25)13-26-21)27-18-6-2-5-17(24)10-18/h2,4-8,10-11,13H,3,9,14H2,1H3,(H,26,27)(H,28,30). The van der Waals surface area contributed by atoms with E-state index in [2.05, 4.69) is 42.5 Å². The lowest BCUT2D eigenvalue weighted by Gasteiger charge is -2.22. The molecular formula is C23H20BrN5O. The van der Waals surface area contributed by atoms with Crippen molar-refractivity contribution >= 4 is 49.8 Å². The molecule has 2 aromatic carbocycles. The Balaban J connectivity index is 1.69. The van der Waals surface area contributed by atoms with Gasteiger partial charge in [0.05, 0.1) is 16.8 Å². The zero-order valence-electron chi connectivity index (χ0n) is 16.4. The van der Waals surface area contributed by atoms with Gasteiger partial charge in [-0.05, 0) is 49.9 Å². The second kappa shape index (κ2) is 8.66. The summed E-state index contributed by atoms with van der Waals surface area (Å²) < 4.78 is 0.933. The zero-order valence-corrected chi connectivity index (χ0v) is 18.0. The van der Waals surface area contributed by atoms with Gasteiger partial charge in [0.15, 0.2) is 0 Å². The highest BCUT2D eigenvalue weighted by molar-refractivity contribution is 9.10. The third-order valence-electron chi connectivity index (χ3n) is 4.97. The molecule has 0 saturated carbocycles. The molecule has 0 unspecified atom stereocenters. The van der Waals surface area contributed by atoms with Gasteiger partial charge in [-0.1, -0.05) is 28.1 Å². The quantitative estimate of drug-likeness (QED) is 0.582. The number of likely N-dealkylation sites (N-methyl/N-ethyl adjacent to an activating group) is 1. The van der Waals surface area contributed by atoms with Gasteiger partial charge in [0.1, 0.15) is 6.07 Å². The van der Waals surface area contributed by atoms with E-state index < -0.39 is 0 Å². The molecule has 0 radical (unpaired) electrons. The van der Waals surface area contributed by atoms with E-state index in [1.807, 2.05) is 55.6 Å². The van der Waals surface area contributed by atoms with Crippen molar-refractivity contribution in [2.24, 2.45) is 0 Å². The fourth-order valence-electron chi connectivity index (χ4n) is 3.47. The lowest BCUT2D eigenvalue weighted by molar-refractivity contribution is -0.113. The Hall–Kier alpha value is -3.21. The van der Waals surface area contributed by atoms with Crippen molar-refractivity contribution < 1.29 is 4.79 Å². The molecule has 0 saturated heterocycles. The van der Waals surface area contributed by atoms with Gasteiger partial charge in [0, 0.05) is 46.1 Å². The number of nitrogens with zero attached hydrogens (tertiary/aromatic N) is 3. The van der Waals surface area contributed by atoms with Crippen LogP contribution in [-0.2, 0) is 4.79 Å². The second-order valence-corrected chi connectivity index (χ2v) is 8.15. The van der Waals surface area contributed by atoms with Crippen LogP contribution in [0.1, 0.15) is 12.0 Å². The van der Waals surface area contributed by atoms with E-state index in [1.165, 1.54) is 0 Å². The van der Waals surface area contributed by atoms with E-state index in [-0.39, 0.29) is 5.91 Å². The molecule has 7 heteroatoms. The molecule has 1 aliphatic heterocycles. The van der Waals surface area contributed by atoms with Crippen LogP contribution in [0.3, 0.4) is 0 Å². The van der Waals surface area contributed by atoms with Crippen LogP contribution < -0.4 is 10.6 Å². The molecule has 0 aliphatic carbocycles. The summed E-state index contributed by atoms with van der Waals surface area (Å²) >= 11 is 3.47. The van der Waals surface area contributed by atoms with E-state index >= 15 is 0 Å². The van der Waals surface area contributed by atoms with E-state index in [0.717, 1.165) is 39.6 Å². The number of amides is 1. The fraction of sp³-hybridized carbons (Fsp3) is 0.174. The van der Waals surface area contributed by atoms with Crippen LogP contribution in [-0.4, -0.2) is 35.9 Å². The molecule has 2 heterocycles. The number of benzene rings is 2. The minimum atomic E-state index is -0.105. The molecule has 150 valence electrons. The van der Waals surface area contributed by atoms with Crippen LogP contribution in [0.15, 0.2) is 64.8 Å². The number of aromatic nitrogens is 1. The van der Waals surface area contributed by atoms with Gasteiger partial charge in [-0.15, -0.1) is 0 Å². The van der Waals surface area contributed by atoms with Gasteiger partial charge in [-0.3, -0.25) is 9.78 Å². The van der Waals surface area contributed by atoms with Crippen LogP contribution in [0.5, 0.6) is 0 Å². The maximum atomic E-state index is 12.7. The van der Waals surface area contributed by atoms with Crippen LogP contribution in [0, 0.1) is 11.3 Å². The first-order chi connectivity index (χ1) is 14.5. The first kappa shape index (κ1) is 20.1. The fourth-order valence-corrected chi connectivity index (χ4v) is 3.87. The molecule has 1 aromatic heterocycles. The van der Waals surface area contributed by atoms with E-state index in [0.29, 0.717) is 23.5 Å². The number of hydrogen-bond acceptors (Lipinski definition) is 5. The lowest BCUT2D eigenvalue weighted by Crippen LogP contribution is -2.30. The number of halogens is 1. The van der Waals surface area contributed by atoms with Gasteiger partial charge in [0.2, 0.25) is 0 Å². The average Bonchev–Trinajstić information content (AvgIpc) is 2.74. The van der Waals surface area contributed by atoms with Crippen molar-refractivity contribution in [2.75, 3.05) is 30.8 Å². The normalized spacial score (nSPS) is 14.1. The molecule has 3 aromatic rings. The maximum absolute atomic E-state index is 12.7. The lowest BCUT2D eigenvalue weighted by atomic mass is 10.1. The Morgan fingerprint density at radius 3 is 2.87 bits per heavy atom. The number of anilines is 3. The molecule has 0 fully saturated rings. The van der Waals surface area contributed by atoms with Crippen molar-refractivity contribution in [2.45, 2.75) is 6.42 Å². The van der Waals surface area contributed by atoms with Gasteiger partial charge in [-0.2, -0.15) is 5.26 Å². The minimum Gasteiger partial charge on any atom is -0.354 e. The van der Waals surface area contributed by atoms with Crippen molar-refractivity contribution in [1.29, 1.82) is 5.26 Å². The van der Waals surface area contributed by atoms with Gasteiger partial charge in [0.25, 0.3) is 5.91 Å². The molecule has 30 heavy (non-hydrogen) atoms. The number of pyridine rings is 1. The summed E-state index contributed by atoms with van der Waals surface area (Å²) in [6.07, 6.45) is 4.42. The molecule has 4 rings (SSSR count). The Bertz CT molecular complexity index is 1200. The molecule has 0 atom stereocenters. The van der Waals surface area contributed by atoms with Crippen molar-refractivity contribution in [3.63, 3.8) is 0 Å². The molecule has 0 bridgehead atoms. The zero-order chi connectivity index (χ0) is 21.1. The number of hydrogen-bond donors (Lipinski definition) is 2. The summed E-state index contributed by atoms with van der Waals surface area (Å²) in [5.74, 6) is -0.105. The smallest absolute Gasteiger partial charge is 0.252 e. The summed E-state index contributed by atoms with van der Waals surface area (Å²) in [6, 6.07) is 15.4. The molecule has 1 aliphatic rings. The SMILES string of the molecule is CN1CCC=C(C(=O)Nc2ccc3ncc(C#N)c(Nc4cccc(Br)c4)c3c2)C1. The van der Waals surface area contributed by atoms with Gasteiger partial charge in [-0.25, -0.2) is 0 Å². The van der Waals surface area contributed by atoms with Crippen molar-refractivity contribution in [1.82, 2.24) is 9.88 Å². The molecule has 1 amide bonds. The highest BCUT2D eigenvalue weighted by Gasteiger charge is 2.16. The highest BCUT2D eigenvalue weighted by atomic mass is 79.9. The van der Waals surface area contributed by atoms with E-state index in [9.17, 15) is 10.1 Å². The summed E-state index contributed by atoms with van der Waals surface area (Å²) in [4.78, 5) is 19.2. The van der Waals surface area contributed by atoms with Gasteiger partial charge < -0.3 is 15.5 Å². The Morgan fingerprint density at radius 1 is 1.23 bits per heavy atom. The van der Waals surface area contributed by atoms with Crippen LogP contribution in [0.2, 0.25) is 0 Å². The van der Waals surface area contributed by atoms with E-state index in [4.69, 9.17) is 0 Å². The molecule has 6 nitrogen and oxygen atoms in total. The summed E-state index contributed by atoms with van der Waals surface area (Å²) in [5, 5.41) is 16.7. The summed E-state index contributed by atoms with van der Waals surface area (Å²) in [6.45, 7) is 1.59. The average molecular weight is 462 g/mol.